The fraction of sp³-hybridized carbons (Fsp3) is 0.429. The maximum atomic E-state index is 12.1. The van der Waals surface area contributed by atoms with E-state index in [1.165, 1.54) is 7.05 Å². The van der Waals surface area contributed by atoms with Crippen molar-refractivity contribution in [3.63, 3.8) is 0 Å². The number of urea groups is 1. The molecule has 2 amide bonds. The van der Waals surface area contributed by atoms with Gasteiger partial charge in [-0.3, -0.25) is 5.01 Å². The van der Waals surface area contributed by atoms with Crippen molar-refractivity contribution in [2.75, 3.05) is 18.7 Å². The normalized spacial score (nSPS) is 12.1. The van der Waals surface area contributed by atoms with Crippen LogP contribution in [0.2, 0.25) is 0 Å². The first-order valence-corrected chi connectivity index (χ1v) is 9.69. The summed E-state index contributed by atoms with van der Waals surface area (Å²) >= 11 is 0. The second kappa shape index (κ2) is 13.0. The highest BCUT2D eigenvalue weighted by molar-refractivity contribution is 6.40. The van der Waals surface area contributed by atoms with Crippen LogP contribution in [0.25, 0.3) is 0 Å². The van der Waals surface area contributed by atoms with Gasteiger partial charge in [0.1, 0.15) is 6.61 Å². The molecule has 0 aromatic heterocycles. The molecule has 0 atom stereocenters. The van der Waals surface area contributed by atoms with Crippen LogP contribution in [-0.2, 0) is 16.2 Å². The lowest BCUT2D eigenvalue weighted by atomic mass is 10.1. The summed E-state index contributed by atoms with van der Waals surface area (Å²) in [6.45, 7) is 9.44. The first kappa shape index (κ1) is 25.6. The van der Waals surface area contributed by atoms with Gasteiger partial charge in [0, 0.05) is 19.0 Å². The van der Waals surface area contributed by atoms with Gasteiger partial charge in [-0.05, 0) is 39.3 Å². The summed E-state index contributed by atoms with van der Waals surface area (Å²) in [7, 11) is 1.42. The molecule has 0 saturated heterocycles. The number of carbonyl (C=O) groups excluding carboxylic acids is 1. The molecule has 0 spiro atoms. The van der Waals surface area contributed by atoms with Crippen molar-refractivity contribution in [3.05, 3.63) is 29.3 Å². The Balaban J connectivity index is 2.97. The predicted molar refractivity (Wildman–Crippen MR) is 123 cm³/mol. The van der Waals surface area contributed by atoms with Crippen LogP contribution in [0.5, 0.6) is 0 Å². The summed E-state index contributed by atoms with van der Waals surface area (Å²) in [6, 6.07) is 4.87. The van der Waals surface area contributed by atoms with Gasteiger partial charge in [-0.25, -0.2) is 21.5 Å². The Morgan fingerprint density at radius 1 is 1.19 bits per heavy atom. The topological polar surface area (TPSA) is 131 Å². The highest BCUT2D eigenvalue weighted by Gasteiger charge is 2.19. The summed E-state index contributed by atoms with van der Waals surface area (Å²) in [6.07, 6.45) is 0.521. The number of anilines is 1. The van der Waals surface area contributed by atoms with Gasteiger partial charge in [0.2, 0.25) is 5.90 Å². The summed E-state index contributed by atoms with van der Waals surface area (Å²) in [5.41, 5.74) is 3.31. The number of hydrogen-bond acceptors (Lipinski definition) is 8. The van der Waals surface area contributed by atoms with E-state index in [4.69, 9.17) is 21.3 Å². The van der Waals surface area contributed by atoms with Crippen molar-refractivity contribution in [1.82, 2.24) is 5.01 Å². The van der Waals surface area contributed by atoms with Gasteiger partial charge >= 0.3 is 6.03 Å². The zero-order valence-corrected chi connectivity index (χ0v) is 19.0. The number of nitrogens with zero attached hydrogens (tertiary/aromatic N) is 5. The number of ether oxygens (including phenoxy) is 1. The first-order chi connectivity index (χ1) is 14.7. The average molecular weight is 430 g/mol. The van der Waals surface area contributed by atoms with Crippen molar-refractivity contribution in [2.24, 2.45) is 27.0 Å². The Labute approximate surface area is 183 Å². The zero-order valence-electron chi connectivity index (χ0n) is 19.0. The van der Waals surface area contributed by atoms with Crippen LogP contribution >= 0.6 is 0 Å². The molecular weight excluding hydrogens is 398 g/mol. The molecule has 0 heterocycles. The number of aryl methyl sites for hydroxylation is 1. The summed E-state index contributed by atoms with van der Waals surface area (Å²) in [5, 5.41) is 14.2. The van der Waals surface area contributed by atoms with Crippen LogP contribution in [0, 0.1) is 18.8 Å². The SMILES string of the molecule is CC#CCO/N=C(\C)C(C)=N/N=C(/CC)OCc1c(C)cccc1N(N)C(=O)N(C)N. The Hall–Kier alpha value is -3.42. The minimum absolute atomic E-state index is 0.157. The van der Waals surface area contributed by atoms with E-state index in [9.17, 15) is 4.79 Å². The Kier molecular flexibility index (Phi) is 10.7. The van der Waals surface area contributed by atoms with Crippen LogP contribution < -0.4 is 16.7 Å². The molecular formula is C21H31N7O3. The quantitative estimate of drug-likeness (QED) is 0.125. The number of nitrogens with two attached hydrogens (primary N) is 2. The van der Waals surface area contributed by atoms with E-state index in [2.05, 4.69) is 27.2 Å². The van der Waals surface area contributed by atoms with Gasteiger partial charge in [0.15, 0.2) is 6.61 Å². The Bertz CT molecular complexity index is 911. The number of benzene rings is 1. The van der Waals surface area contributed by atoms with E-state index < -0.39 is 6.03 Å². The summed E-state index contributed by atoms with van der Waals surface area (Å²) in [5.74, 6) is 17.4. The molecule has 10 nitrogen and oxygen atoms in total. The molecule has 1 aromatic carbocycles. The molecule has 0 aliphatic rings. The average Bonchev–Trinajstić information content (AvgIpc) is 2.75. The van der Waals surface area contributed by atoms with Crippen LogP contribution in [-0.4, -0.2) is 42.0 Å². The lowest BCUT2D eigenvalue weighted by Gasteiger charge is -2.24. The van der Waals surface area contributed by atoms with Crippen LogP contribution in [0.3, 0.4) is 0 Å². The number of oxime groups is 1. The van der Waals surface area contributed by atoms with Gasteiger partial charge in [0.05, 0.1) is 17.1 Å². The number of carbonyl (C=O) groups is 1. The largest absolute Gasteiger partial charge is 0.475 e. The van der Waals surface area contributed by atoms with Crippen LogP contribution in [0.15, 0.2) is 33.6 Å². The lowest BCUT2D eigenvalue weighted by Crippen LogP contribution is -2.49. The molecule has 0 bridgehead atoms. The van der Waals surface area contributed by atoms with Gasteiger partial charge in [-0.15, -0.1) is 11.0 Å². The summed E-state index contributed by atoms with van der Waals surface area (Å²) in [4.78, 5) is 17.2. The van der Waals surface area contributed by atoms with E-state index >= 15 is 0 Å². The smallest absolute Gasteiger partial charge is 0.352 e. The number of hydrogen-bond donors (Lipinski definition) is 2. The van der Waals surface area contributed by atoms with Crippen molar-refractivity contribution in [2.45, 2.75) is 47.6 Å². The van der Waals surface area contributed by atoms with Gasteiger partial charge in [0.25, 0.3) is 0 Å². The molecule has 1 aromatic rings. The number of hydrazine groups is 2. The first-order valence-electron chi connectivity index (χ1n) is 9.69. The maximum Gasteiger partial charge on any atom is 0.352 e. The Morgan fingerprint density at radius 3 is 2.52 bits per heavy atom. The third-order valence-corrected chi connectivity index (χ3v) is 4.19. The van der Waals surface area contributed by atoms with Crippen molar-refractivity contribution in [1.29, 1.82) is 0 Å². The van der Waals surface area contributed by atoms with E-state index in [0.29, 0.717) is 29.4 Å². The van der Waals surface area contributed by atoms with Gasteiger partial charge in [-0.2, -0.15) is 5.10 Å². The highest BCUT2D eigenvalue weighted by Crippen LogP contribution is 2.23. The molecule has 1 rings (SSSR count). The molecule has 4 N–H and O–H groups in total. The molecule has 0 unspecified atom stereocenters. The standard InChI is InChI=1S/C21H31N7O3/c1-7-9-13-31-26-17(5)16(4)24-25-20(8-2)30-14-18-15(3)11-10-12-19(18)28(23)21(29)27(6)22/h10-12H,8,13-14,22-23H2,1-6H3/b24-16?,25-20-,26-17+. The van der Waals surface area contributed by atoms with E-state index in [-0.39, 0.29) is 13.2 Å². The predicted octanol–water partition coefficient (Wildman–Crippen LogP) is 2.72. The molecule has 0 aliphatic heterocycles. The third kappa shape index (κ3) is 8.08. The molecule has 168 valence electrons. The fourth-order valence-electron chi connectivity index (χ4n) is 2.23. The van der Waals surface area contributed by atoms with Crippen molar-refractivity contribution < 1.29 is 14.4 Å². The second-order valence-electron chi connectivity index (χ2n) is 6.53. The lowest BCUT2D eigenvalue weighted by molar-refractivity contribution is 0.180. The van der Waals surface area contributed by atoms with Crippen molar-refractivity contribution >= 4 is 29.0 Å². The monoisotopic (exact) mass is 429 g/mol. The molecule has 0 aliphatic carbocycles. The van der Waals surface area contributed by atoms with E-state index in [1.807, 2.05) is 19.9 Å². The molecule has 0 radical (unpaired) electrons. The zero-order chi connectivity index (χ0) is 23.4. The maximum absolute atomic E-state index is 12.1. The Morgan fingerprint density at radius 2 is 1.90 bits per heavy atom. The fourth-order valence-corrected chi connectivity index (χ4v) is 2.23. The number of rotatable bonds is 8. The molecule has 0 saturated carbocycles. The summed E-state index contributed by atoms with van der Waals surface area (Å²) < 4.78 is 5.85. The highest BCUT2D eigenvalue weighted by atomic mass is 16.6. The van der Waals surface area contributed by atoms with Crippen molar-refractivity contribution in [3.8, 4) is 11.8 Å². The molecule has 0 fully saturated rings. The van der Waals surface area contributed by atoms with E-state index in [0.717, 1.165) is 21.1 Å². The minimum Gasteiger partial charge on any atom is -0.475 e. The number of amides is 2. The van der Waals surface area contributed by atoms with E-state index in [1.54, 1.807) is 32.9 Å². The van der Waals surface area contributed by atoms with Gasteiger partial charge in [-0.1, -0.05) is 30.1 Å². The van der Waals surface area contributed by atoms with Crippen LogP contribution in [0.4, 0.5) is 10.5 Å². The molecule has 31 heavy (non-hydrogen) atoms. The second-order valence-corrected chi connectivity index (χ2v) is 6.53. The minimum atomic E-state index is -0.557. The van der Waals surface area contributed by atoms with Crippen LogP contribution in [0.1, 0.15) is 45.2 Å². The third-order valence-electron chi connectivity index (χ3n) is 4.19. The van der Waals surface area contributed by atoms with Gasteiger partial charge < -0.3 is 9.57 Å². The molecule has 10 heteroatoms.